The van der Waals surface area contributed by atoms with E-state index in [0.29, 0.717) is 29.5 Å². The van der Waals surface area contributed by atoms with E-state index >= 15 is 0 Å². The number of nitrogens with one attached hydrogen (secondary N) is 2. The molecule has 0 unspecified atom stereocenters. The maximum Gasteiger partial charge on any atom is 0.251 e. The van der Waals surface area contributed by atoms with Gasteiger partial charge in [0.1, 0.15) is 5.82 Å². The van der Waals surface area contributed by atoms with Gasteiger partial charge in [-0.25, -0.2) is 4.98 Å². The van der Waals surface area contributed by atoms with Crippen molar-refractivity contribution in [2.24, 2.45) is 5.92 Å². The molecule has 4 rings (SSSR count). The fourth-order valence-corrected chi connectivity index (χ4v) is 4.45. The first-order chi connectivity index (χ1) is 16.3. The Balaban J connectivity index is 1.31. The summed E-state index contributed by atoms with van der Waals surface area (Å²) in [6.45, 7) is 2.28. The van der Waals surface area contributed by atoms with E-state index < -0.39 is 0 Å². The van der Waals surface area contributed by atoms with Crippen LogP contribution in [0.15, 0.2) is 42.5 Å². The third kappa shape index (κ3) is 5.37. The van der Waals surface area contributed by atoms with Crippen LogP contribution in [0.3, 0.4) is 0 Å². The van der Waals surface area contributed by atoms with E-state index in [9.17, 15) is 15.2 Å². The number of carbonyl (C=O) groups excluding carboxylic acids is 1. The zero-order valence-corrected chi connectivity index (χ0v) is 19.8. The van der Waals surface area contributed by atoms with Crippen molar-refractivity contribution in [3.63, 3.8) is 0 Å². The third-order valence-electron chi connectivity index (χ3n) is 6.42. The lowest BCUT2D eigenvalue weighted by molar-refractivity contribution is 0.0943. The van der Waals surface area contributed by atoms with Gasteiger partial charge in [-0.2, -0.15) is 4.98 Å². The molecule has 9 nitrogen and oxygen atoms in total. The van der Waals surface area contributed by atoms with Crippen LogP contribution in [0, 0.1) is 18.0 Å². The van der Waals surface area contributed by atoms with E-state index in [1.807, 2.05) is 43.3 Å². The van der Waals surface area contributed by atoms with E-state index in [4.69, 9.17) is 9.97 Å². The fraction of sp³-hybridized carbons (Fsp3) is 0.400. The minimum absolute atomic E-state index is 0.0765. The van der Waals surface area contributed by atoms with Crippen LogP contribution in [-0.4, -0.2) is 47.8 Å². The molecule has 0 saturated heterocycles. The van der Waals surface area contributed by atoms with Crippen molar-refractivity contribution in [1.82, 2.24) is 15.3 Å². The maximum absolute atomic E-state index is 12.5. The van der Waals surface area contributed by atoms with Crippen molar-refractivity contribution >= 4 is 34.3 Å². The molecule has 0 atom stereocenters. The molecule has 2 aromatic carbocycles. The standard InChI is InChI=1S/C25H31N6O3/c1-16-8-11-18(14-22(16)31(33)34)24(32)26-15-17-9-12-19(13-10-17)27-25-28-21-7-5-4-6-20(21)23(29-25)30(2)3/h4-8,11,14,17,19,33H,9-10,12-13,15H2,1-3H3,(H,26,32)(H,27,28,29)/q-1. The van der Waals surface area contributed by atoms with Gasteiger partial charge < -0.3 is 26.0 Å². The zero-order chi connectivity index (χ0) is 24.2. The van der Waals surface area contributed by atoms with Gasteiger partial charge in [-0.1, -0.05) is 18.2 Å². The van der Waals surface area contributed by atoms with Gasteiger partial charge in [-0.05, 0) is 68.4 Å². The second-order valence-corrected chi connectivity index (χ2v) is 9.13. The number of fused-ring (bicyclic) bond motifs is 1. The number of para-hydroxylation sites is 1. The van der Waals surface area contributed by atoms with Crippen molar-refractivity contribution in [1.29, 1.82) is 0 Å². The van der Waals surface area contributed by atoms with Crippen LogP contribution in [0.1, 0.15) is 41.6 Å². The van der Waals surface area contributed by atoms with E-state index in [1.165, 1.54) is 6.07 Å². The van der Waals surface area contributed by atoms with Crippen LogP contribution in [0.5, 0.6) is 0 Å². The maximum atomic E-state index is 12.5. The average Bonchev–Trinajstić information content (AvgIpc) is 2.83. The summed E-state index contributed by atoms with van der Waals surface area (Å²) in [5, 5.41) is 27.7. The summed E-state index contributed by atoms with van der Waals surface area (Å²) >= 11 is 0. The Labute approximate surface area is 199 Å². The van der Waals surface area contributed by atoms with E-state index in [-0.39, 0.29) is 22.9 Å². The van der Waals surface area contributed by atoms with Gasteiger partial charge in [0.05, 0.1) is 11.2 Å². The highest BCUT2D eigenvalue weighted by atomic mass is 16.8. The molecule has 9 heteroatoms. The second kappa shape index (κ2) is 10.2. The summed E-state index contributed by atoms with van der Waals surface area (Å²) in [5.41, 5.74) is 1.96. The van der Waals surface area contributed by atoms with Crippen molar-refractivity contribution in [3.05, 3.63) is 58.8 Å². The summed E-state index contributed by atoms with van der Waals surface area (Å²) in [7, 11) is 3.96. The van der Waals surface area contributed by atoms with Gasteiger partial charge in [-0.15, -0.1) is 0 Å². The van der Waals surface area contributed by atoms with Gasteiger partial charge >= 0.3 is 0 Å². The number of aryl methyl sites for hydroxylation is 1. The van der Waals surface area contributed by atoms with E-state index in [0.717, 1.165) is 42.4 Å². The Bertz CT molecular complexity index is 1160. The van der Waals surface area contributed by atoms with Crippen molar-refractivity contribution in [2.45, 2.75) is 38.6 Å². The SMILES string of the molecule is Cc1ccc(C(=O)NCC2CCC(Nc3nc(N(C)C)c4ccccc4n3)CC2)cc1N([O-])O. The molecule has 180 valence electrons. The molecule has 1 amide bonds. The van der Waals surface area contributed by atoms with E-state index in [2.05, 4.69) is 10.6 Å². The summed E-state index contributed by atoms with van der Waals surface area (Å²) in [5.74, 6) is 1.68. The van der Waals surface area contributed by atoms with Gasteiger partial charge in [0.2, 0.25) is 5.95 Å². The normalized spacial score (nSPS) is 17.9. The highest BCUT2D eigenvalue weighted by Gasteiger charge is 2.23. The molecule has 1 fully saturated rings. The lowest BCUT2D eigenvalue weighted by Crippen LogP contribution is -2.34. The summed E-state index contributed by atoms with van der Waals surface area (Å²) in [4.78, 5) is 24.0. The summed E-state index contributed by atoms with van der Waals surface area (Å²) in [6.07, 6.45) is 3.91. The molecule has 1 aliphatic carbocycles. The lowest BCUT2D eigenvalue weighted by Gasteiger charge is -2.29. The highest BCUT2D eigenvalue weighted by Crippen LogP contribution is 2.28. The predicted octanol–water partition coefficient (Wildman–Crippen LogP) is 4.10. The van der Waals surface area contributed by atoms with Crippen LogP contribution in [0.25, 0.3) is 10.9 Å². The van der Waals surface area contributed by atoms with Crippen LogP contribution in [-0.2, 0) is 0 Å². The van der Waals surface area contributed by atoms with Gasteiger partial charge in [0, 0.05) is 37.6 Å². The Morgan fingerprint density at radius 2 is 1.85 bits per heavy atom. The molecule has 1 heterocycles. The molecule has 1 aliphatic rings. The van der Waals surface area contributed by atoms with Crippen molar-refractivity contribution in [2.75, 3.05) is 36.1 Å². The molecular formula is C25H31N6O3-. The molecule has 3 N–H and O–H groups in total. The van der Waals surface area contributed by atoms with Gasteiger partial charge in [-0.3, -0.25) is 10.0 Å². The fourth-order valence-electron chi connectivity index (χ4n) is 4.45. The number of hydrogen-bond donors (Lipinski definition) is 3. The Hall–Kier alpha value is -3.43. The predicted molar refractivity (Wildman–Crippen MR) is 134 cm³/mol. The van der Waals surface area contributed by atoms with Crippen LogP contribution >= 0.6 is 0 Å². The minimum atomic E-state index is -0.246. The number of hydrogen-bond acceptors (Lipinski definition) is 8. The first-order valence-electron chi connectivity index (χ1n) is 11.6. The number of amides is 1. The van der Waals surface area contributed by atoms with Crippen LogP contribution < -0.4 is 20.8 Å². The van der Waals surface area contributed by atoms with Gasteiger partial charge in [0.15, 0.2) is 0 Å². The molecule has 0 spiro atoms. The first kappa shape index (κ1) is 23.7. The number of aromatic nitrogens is 2. The molecule has 0 aliphatic heterocycles. The summed E-state index contributed by atoms with van der Waals surface area (Å²) < 4.78 is 0. The highest BCUT2D eigenvalue weighted by molar-refractivity contribution is 5.95. The zero-order valence-electron chi connectivity index (χ0n) is 19.8. The third-order valence-corrected chi connectivity index (χ3v) is 6.42. The molecule has 1 aromatic heterocycles. The summed E-state index contributed by atoms with van der Waals surface area (Å²) in [6, 6.07) is 13.0. The molecule has 0 radical (unpaired) electrons. The second-order valence-electron chi connectivity index (χ2n) is 9.13. The minimum Gasteiger partial charge on any atom is -0.733 e. The Morgan fingerprint density at radius 1 is 1.12 bits per heavy atom. The van der Waals surface area contributed by atoms with Crippen molar-refractivity contribution in [3.8, 4) is 0 Å². The topological polar surface area (TPSA) is 117 Å². The quantitative estimate of drug-likeness (QED) is 0.449. The Kier molecular flexibility index (Phi) is 7.14. The number of carbonyl (C=O) groups is 1. The smallest absolute Gasteiger partial charge is 0.251 e. The van der Waals surface area contributed by atoms with Gasteiger partial charge in [0.25, 0.3) is 5.91 Å². The Morgan fingerprint density at radius 3 is 2.56 bits per heavy atom. The average molecular weight is 464 g/mol. The largest absolute Gasteiger partial charge is 0.733 e. The molecular weight excluding hydrogens is 432 g/mol. The molecule has 0 bridgehead atoms. The van der Waals surface area contributed by atoms with E-state index in [1.54, 1.807) is 19.1 Å². The molecule has 1 saturated carbocycles. The lowest BCUT2D eigenvalue weighted by atomic mass is 9.86. The van der Waals surface area contributed by atoms with Crippen LogP contribution in [0.4, 0.5) is 17.5 Å². The first-order valence-corrected chi connectivity index (χ1v) is 11.6. The number of benzene rings is 2. The number of rotatable bonds is 7. The monoisotopic (exact) mass is 463 g/mol. The van der Waals surface area contributed by atoms with Crippen molar-refractivity contribution < 1.29 is 10.0 Å². The molecule has 3 aromatic rings. The number of nitrogens with zero attached hydrogens (tertiary/aromatic N) is 4. The number of anilines is 3. The molecule has 34 heavy (non-hydrogen) atoms. The van der Waals surface area contributed by atoms with Crippen LogP contribution in [0.2, 0.25) is 0 Å².